The molecule has 0 unspecified atom stereocenters. The number of hydrogen-bond acceptors (Lipinski definition) is 8. The Labute approximate surface area is 291 Å². The lowest BCUT2D eigenvalue weighted by molar-refractivity contribution is 0.268. The van der Waals surface area contributed by atoms with E-state index >= 15 is 0 Å². The lowest BCUT2D eigenvalue weighted by Gasteiger charge is -2.11. The van der Waals surface area contributed by atoms with Crippen LogP contribution in [0.5, 0.6) is 0 Å². The minimum absolute atomic E-state index is 0. The summed E-state index contributed by atoms with van der Waals surface area (Å²) in [4.78, 5) is 7.73. The van der Waals surface area contributed by atoms with Gasteiger partial charge in [-0.05, 0) is 69.0 Å². The van der Waals surface area contributed by atoms with Gasteiger partial charge in [0.15, 0.2) is 0 Å². The summed E-state index contributed by atoms with van der Waals surface area (Å²) < 4.78 is 4.04. The predicted molar refractivity (Wildman–Crippen MR) is 184 cm³/mol. The van der Waals surface area contributed by atoms with Gasteiger partial charge in [0.05, 0.1) is 39.1 Å². The van der Waals surface area contributed by atoms with Crippen LogP contribution >= 0.6 is 63.1 Å². The van der Waals surface area contributed by atoms with Crippen molar-refractivity contribution in [2.75, 3.05) is 19.8 Å². The summed E-state index contributed by atoms with van der Waals surface area (Å²) >= 11 is 21.3. The van der Waals surface area contributed by atoms with Gasteiger partial charge in [-0.2, -0.15) is 10.2 Å². The van der Waals surface area contributed by atoms with Crippen molar-refractivity contribution >= 4 is 63.1 Å². The SMILES string of the molecule is C[C@H](CO)c1ccc(Cl)c(-n2cncn2)c1.C[C@H](CO)c1ccc(Cl)c(Br)c1.Cl.N[C@H](CO)c1ccc(Cl)c(-n2cncn2)c1. The molecule has 10 nitrogen and oxygen atoms in total. The van der Waals surface area contributed by atoms with Crippen LogP contribution in [0.15, 0.2) is 84.4 Å². The molecule has 5 rings (SSSR count). The monoisotopic (exact) mass is 759 g/mol. The molecule has 3 aromatic carbocycles. The average molecular weight is 762 g/mol. The highest BCUT2D eigenvalue weighted by Gasteiger charge is 2.11. The van der Waals surface area contributed by atoms with Gasteiger partial charge in [-0.3, -0.25) is 0 Å². The first-order valence-electron chi connectivity index (χ1n) is 13.4. The van der Waals surface area contributed by atoms with Crippen molar-refractivity contribution in [3.8, 4) is 11.4 Å². The van der Waals surface area contributed by atoms with E-state index < -0.39 is 6.04 Å². The van der Waals surface area contributed by atoms with Gasteiger partial charge < -0.3 is 21.1 Å². The largest absolute Gasteiger partial charge is 0.396 e. The van der Waals surface area contributed by atoms with E-state index in [0.29, 0.717) is 20.8 Å². The fourth-order valence-corrected chi connectivity index (χ4v) is 4.67. The number of nitrogens with two attached hydrogens (primary N) is 1. The highest BCUT2D eigenvalue weighted by atomic mass is 79.9. The second-order valence-electron chi connectivity index (χ2n) is 9.73. The van der Waals surface area contributed by atoms with Crippen LogP contribution in [0.1, 0.15) is 48.4 Å². The molecule has 45 heavy (non-hydrogen) atoms. The number of aliphatic hydroxyl groups excluding tert-OH is 3. The van der Waals surface area contributed by atoms with E-state index in [0.717, 1.165) is 26.9 Å². The first-order valence-corrected chi connectivity index (χ1v) is 15.3. The number of aromatic nitrogens is 6. The lowest BCUT2D eigenvalue weighted by atomic mass is 10.0. The van der Waals surface area contributed by atoms with E-state index in [1.807, 2.05) is 44.2 Å². The van der Waals surface area contributed by atoms with Gasteiger partial charge in [0.2, 0.25) is 0 Å². The van der Waals surface area contributed by atoms with Crippen LogP contribution in [0.3, 0.4) is 0 Å². The fraction of sp³-hybridized carbons (Fsp3) is 0.267. The Bertz CT molecular complexity index is 1510. The smallest absolute Gasteiger partial charge is 0.138 e. The van der Waals surface area contributed by atoms with Gasteiger partial charge in [-0.1, -0.05) is 66.8 Å². The normalized spacial score (nSPS) is 12.5. The fourth-order valence-electron chi connectivity index (χ4n) is 3.75. The number of aliphatic hydroxyl groups is 3. The summed E-state index contributed by atoms with van der Waals surface area (Å²) in [7, 11) is 0. The summed E-state index contributed by atoms with van der Waals surface area (Å²) in [6.45, 7) is 4.08. The molecule has 0 saturated carbocycles. The van der Waals surface area contributed by atoms with E-state index in [-0.39, 0.29) is 44.1 Å². The van der Waals surface area contributed by atoms with Crippen molar-refractivity contribution in [3.63, 3.8) is 0 Å². The zero-order chi connectivity index (χ0) is 32.2. The topological polar surface area (TPSA) is 148 Å². The van der Waals surface area contributed by atoms with E-state index in [2.05, 4.69) is 36.1 Å². The van der Waals surface area contributed by atoms with E-state index in [1.54, 1.807) is 46.3 Å². The average Bonchev–Trinajstić information content (AvgIpc) is 3.78. The van der Waals surface area contributed by atoms with E-state index in [1.165, 1.54) is 12.7 Å². The maximum Gasteiger partial charge on any atom is 0.138 e. The zero-order valence-corrected chi connectivity index (χ0v) is 29.1. The Morgan fingerprint density at radius 3 is 1.51 bits per heavy atom. The molecule has 0 spiro atoms. The quantitative estimate of drug-likeness (QED) is 0.139. The highest BCUT2D eigenvalue weighted by Crippen LogP contribution is 2.27. The zero-order valence-electron chi connectivity index (χ0n) is 24.4. The van der Waals surface area contributed by atoms with Gasteiger partial charge in [0.1, 0.15) is 25.3 Å². The molecule has 15 heteroatoms. The third kappa shape index (κ3) is 11.0. The Balaban J connectivity index is 0.000000236. The Kier molecular flexibility index (Phi) is 16.4. The van der Waals surface area contributed by atoms with Gasteiger partial charge in [-0.15, -0.1) is 12.4 Å². The number of rotatable bonds is 8. The lowest BCUT2D eigenvalue weighted by Crippen LogP contribution is -2.14. The number of halogens is 5. The van der Waals surface area contributed by atoms with Crippen molar-refractivity contribution in [3.05, 3.63) is 116 Å². The second-order valence-corrected chi connectivity index (χ2v) is 11.8. The highest BCUT2D eigenvalue weighted by molar-refractivity contribution is 9.10. The van der Waals surface area contributed by atoms with Gasteiger partial charge in [0.25, 0.3) is 0 Å². The van der Waals surface area contributed by atoms with Crippen molar-refractivity contribution in [1.82, 2.24) is 29.5 Å². The maximum absolute atomic E-state index is 9.11. The van der Waals surface area contributed by atoms with Crippen LogP contribution in [0.25, 0.3) is 11.4 Å². The van der Waals surface area contributed by atoms with Crippen LogP contribution in [-0.2, 0) is 0 Å². The number of nitrogens with zero attached hydrogens (tertiary/aromatic N) is 6. The second kappa shape index (κ2) is 19.2. The minimum atomic E-state index is -0.417. The molecule has 2 heterocycles. The number of hydrogen-bond donors (Lipinski definition) is 4. The molecule has 5 aromatic rings. The predicted octanol–water partition coefficient (Wildman–Crippen LogP) is 6.55. The van der Waals surface area contributed by atoms with E-state index in [4.69, 9.17) is 55.9 Å². The summed E-state index contributed by atoms with van der Waals surface area (Å²) in [5.74, 6) is 0.248. The van der Waals surface area contributed by atoms with Crippen molar-refractivity contribution in [2.45, 2.75) is 31.7 Å². The minimum Gasteiger partial charge on any atom is -0.396 e. The van der Waals surface area contributed by atoms with Crippen molar-refractivity contribution in [1.29, 1.82) is 0 Å². The standard InChI is InChI=1S/C11H12ClN3O.C10H11ClN4O.C9H10BrClO.ClH/c1-8(5-16)9-2-3-10(12)11(4-9)15-7-13-6-14-15;11-8-2-1-7(9(12)4-16)3-10(8)15-6-13-5-14-15;1-6(5-12)7-2-3-9(11)8(10)4-7;/h2-4,6-8,16H,5H2,1H3;1-3,5-6,9,16H,4,12H2;2-4,6,12H,5H2,1H3;1H/t8-;9-;6-;/m111./s1. The molecular weight excluding hydrogens is 728 g/mol. The van der Waals surface area contributed by atoms with Crippen LogP contribution < -0.4 is 5.73 Å². The molecule has 0 aliphatic rings. The Morgan fingerprint density at radius 2 is 1.11 bits per heavy atom. The number of benzene rings is 3. The molecule has 0 bridgehead atoms. The molecule has 242 valence electrons. The molecular formula is C30H34BrCl4N7O3. The molecule has 0 fully saturated rings. The van der Waals surface area contributed by atoms with E-state index in [9.17, 15) is 0 Å². The van der Waals surface area contributed by atoms with Gasteiger partial charge >= 0.3 is 0 Å². The first kappa shape index (κ1) is 38.6. The van der Waals surface area contributed by atoms with Crippen LogP contribution in [-0.4, -0.2) is 64.7 Å². The summed E-state index contributed by atoms with van der Waals surface area (Å²) in [6.07, 6.45) is 6.03. The third-order valence-electron chi connectivity index (χ3n) is 6.53. The molecule has 0 aliphatic heterocycles. The molecule has 5 N–H and O–H groups in total. The van der Waals surface area contributed by atoms with Gasteiger partial charge in [0, 0.05) is 29.5 Å². The maximum atomic E-state index is 9.11. The van der Waals surface area contributed by atoms with Crippen LogP contribution in [0.2, 0.25) is 15.1 Å². The molecule has 3 atom stereocenters. The Hall–Kier alpha value is -2.58. The van der Waals surface area contributed by atoms with Crippen molar-refractivity contribution < 1.29 is 15.3 Å². The third-order valence-corrected chi connectivity index (χ3v) is 8.38. The molecule has 2 aromatic heterocycles. The van der Waals surface area contributed by atoms with Crippen LogP contribution in [0.4, 0.5) is 0 Å². The molecule has 0 amide bonds. The summed E-state index contributed by atoms with van der Waals surface area (Å²) in [5.41, 5.74) is 10.1. The molecule has 0 radical (unpaired) electrons. The van der Waals surface area contributed by atoms with Crippen molar-refractivity contribution in [2.24, 2.45) is 5.73 Å². The Morgan fingerprint density at radius 1 is 0.689 bits per heavy atom. The summed E-state index contributed by atoms with van der Waals surface area (Å²) in [6, 6.07) is 16.2. The molecule has 0 saturated heterocycles. The van der Waals surface area contributed by atoms with Gasteiger partial charge in [-0.25, -0.2) is 19.3 Å². The first-order chi connectivity index (χ1) is 21.1. The molecule has 0 aliphatic carbocycles. The van der Waals surface area contributed by atoms with Crippen LogP contribution in [0, 0.1) is 0 Å². The summed E-state index contributed by atoms with van der Waals surface area (Å²) in [5, 5.41) is 36.9.